The number of nitrogens with two attached hydrogens (primary N) is 1. The van der Waals surface area contributed by atoms with Crippen LogP contribution in [0.4, 0.5) is 0 Å². The molecule has 1 aliphatic heterocycles. The van der Waals surface area contributed by atoms with Gasteiger partial charge in [-0.2, -0.15) is 0 Å². The Morgan fingerprint density at radius 2 is 2.12 bits per heavy atom. The number of hydrogen-bond acceptors (Lipinski definition) is 2. The molecule has 0 aromatic heterocycles. The van der Waals surface area contributed by atoms with Gasteiger partial charge in [0.2, 0.25) is 5.91 Å². The SMILES string of the molecule is CC(C)CCNC(N)=NCC1CC(=O)N(CCc2ccccc2)C1. The summed E-state index contributed by atoms with van der Waals surface area (Å²) in [7, 11) is 0. The van der Waals surface area contributed by atoms with Crippen molar-refractivity contribution in [2.75, 3.05) is 26.2 Å². The lowest BCUT2D eigenvalue weighted by Crippen LogP contribution is -2.33. The molecule has 5 heteroatoms. The van der Waals surface area contributed by atoms with E-state index in [0.717, 1.165) is 32.5 Å². The number of guanidine groups is 1. The first-order chi connectivity index (χ1) is 11.5. The minimum Gasteiger partial charge on any atom is -0.370 e. The zero-order valence-corrected chi connectivity index (χ0v) is 14.9. The summed E-state index contributed by atoms with van der Waals surface area (Å²) in [6.45, 7) is 7.40. The molecule has 0 radical (unpaired) electrons. The highest BCUT2D eigenvalue weighted by Crippen LogP contribution is 2.18. The van der Waals surface area contributed by atoms with Crippen LogP contribution in [0.1, 0.15) is 32.3 Å². The monoisotopic (exact) mass is 330 g/mol. The Morgan fingerprint density at radius 3 is 2.83 bits per heavy atom. The Hall–Kier alpha value is -2.04. The zero-order valence-electron chi connectivity index (χ0n) is 14.9. The summed E-state index contributed by atoms with van der Waals surface area (Å²) in [5.74, 6) is 1.65. The average Bonchev–Trinajstić information content (AvgIpc) is 2.92. The molecular formula is C19H30N4O. The fourth-order valence-electron chi connectivity index (χ4n) is 2.87. The third-order valence-electron chi connectivity index (χ3n) is 4.36. The molecule has 24 heavy (non-hydrogen) atoms. The van der Waals surface area contributed by atoms with Crippen molar-refractivity contribution in [3.8, 4) is 0 Å². The molecule has 1 unspecified atom stereocenters. The number of amides is 1. The Bertz CT molecular complexity index is 542. The Balaban J connectivity index is 1.71. The second-order valence-corrected chi connectivity index (χ2v) is 6.98. The standard InChI is InChI=1S/C19H30N4O/c1-15(2)8-10-21-19(20)22-13-17-12-18(24)23(14-17)11-9-16-6-4-3-5-7-16/h3-7,15,17H,8-14H2,1-2H3,(H3,20,21,22). The Kier molecular flexibility index (Phi) is 7.09. The van der Waals surface area contributed by atoms with Crippen LogP contribution in [0.25, 0.3) is 0 Å². The van der Waals surface area contributed by atoms with Gasteiger partial charge in [0, 0.05) is 38.5 Å². The van der Waals surface area contributed by atoms with Gasteiger partial charge in [-0.25, -0.2) is 0 Å². The van der Waals surface area contributed by atoms with E-state index < -0.39 is 0 Å². The molecule has 1 aliphatic rings. The minimum atomic E-state index is 0.234. The predicted molar refractivity (Wildman–Crippen MR) is 98.8 cm³/mol. The van der Waals surface area contributed by atoms with Gasteiger partial charge in [0.1, 0.15) is 0 Å². The lowest BCUT2D eigenvalue weighted by Gasteiger charge is -2.16. The summed E-state index contributed by atoms with van der Waals surface area (Å²) in [6, 6.07) is 10.3. The molecule has 1 aromatic rings. The molecule has 5 nitrogen and oxygen atoms in total. The predicted octanol–water partition coefficient (Wildman–Crippen LogP) is 2.03. The van der Waals surface area contributed by atoms with Crippen molar-refractivity contribution in [2.45, 2.75) is 33.1 Å². The second-order valence-electron chi connectivity index (χ2n) is 6.98. The summed E-state index contributed by atoms with van der Waals surface area (Å²) in [4.78, 5) is 18.5. The molecule has 0 saturated carbocycles. The van der Waals surface area contributed by atoms with Gasteiger partial charge in [-0.1, -0.05) is 44.2 Å². The molecule has 132 valence electrons. The number of hydrogen-bond donors (Lipinski definition) is 2. The molecule has 1 aromatic carbocycles. The van der Waals surface area contributed by atoms with Gasteiger partial charge >= 0.3 is 0 Å². The summed E-state index contributed by atoms with van der Waals surface area (Å²) < 4.78 is 0. The van der Waals surface area contributed by atoms with Crippen LogP contribution in [-0.2, 0) is 11.2 Å². The minimum absolute atomic E-state index is 0.234. The van der Waals surface area contributed by atoms with Crippen molar-refractivity contribution in [3.63, 3.8) is 0 Å². The summed E-state index contributed by atoms with van der Waals surface area (Å²) in [5, 5.41) is 3.14. The average molecular weight is 330 g/mol. The molecule has 2 rings (SSSR count). The fourth-order valence-corrected chi connectivity index (χ4v) is 2.87. The van der Waals surface area contributed by atoms with Gasteiger partial charge in [-0.15, -0.1) is 0 Å². The largest absolute Gasteiger partial charge is 0.370 e. The number of nitrogens with one attached hydrogen (secondary N) is 1. The number of carbonyl (C=O) groups excluding carboxylic acids is 1. The van der Waals surface area contributed by atoms with E-state index in [1.54, 1.807) is 0 Å². The molecule has 1 heterocycles. The Labute approximate surface area is 145 Å². The topological polar surface area (TPSA) is 70.7 Å². The van der Waals surface area contributed by atoms with Crippen LogP contribution in [0.15, 0.2) is 35.3 Å². The van der Waals surface area contributed by atoms with Crippen LogP contribution in [0.2, 0.25) is 0 Å². The Morgan fingerprint density at radius 1 is 1.38 bits per heavy atom. The van der Waals surface area contributed by atoms with E-state index >= 15 is 0 Å². The quantitative estimate of drug-likeness (QED) is 0.566. The van der Waals surface area contributed by atoms with E-state index in [0.29, 0.717) is 24.8 Å². The molecular weight excluding hydrogens is 300 g/mol. The van der Waals surface area contributed by atoms with Crippen molar-refractivity contribution in [1.82, 2.24) is 10.2 Å². The van der Waals surface area contributed by atoms with Gasteiger partial charge in [-0.3, -0.25) is 9.79 Å². The fraction of sp³-hybridized carbons (Fsp3) is 0.579. The van der Waals surface area contributed by atoms with E-state index in [4.69, 9.17) is 5.73 Å². The first-order valence-electron chi connectivity index (χ1n) is 8.90. The van der Waals surface area contributed by atoms with Crippen molar-refractivity contribution in [2.24, 2.45) is 22.6 Å². The van der Waals surface area contributed by atoms with Gasteiger partial charge in [0.25, 0.3) is 0 Å². The lowest BCUT2D eigenvalue weighted by molar-refractivity contribution is -0.127. The van der Waals surface area contributed by atoms with Crippen LogP contribution >= 0.6 is 0 Å². The first kappa shape index (κ1) is 18.3. The smallest absolute Gasteiger partial charge is 0.223 e. The molecule has 1 saturated heterocycles. The van der Waals surface area contributed by atoms with Crippen LogP contribution in [0.5, 0.6) is 0 Å². The number of carbonyl (C=O) groups is 1. The number of aliphatic imine (C=N–C) groups is 1. The van der Waals surface area contributed by atoms with Crippen LogP contribution in [0.3, 0.4) is 0 Å². The number of nitrogens with zero attached hydrogens (tertiary/aromatic N) is 2. The molecule has 3 N–H and O–H groups in total. The number of rotatable bonds is 8. The second kappa shape index (κ2) is 9.30. The number of likely N-dealkylation sites (tertiary alicyclic amines) is 1. The van der Waals surface area contributed by atoms with E-state index in [2.05, 4.69) is 36.3 Å². The third kappa shape index (κ3) is 6.22. The molecule has 1 fully saturated rings. The van der Waals surface area contributed by atoms with Crippen molar-refractivity contribution in [1.29, 1.82) is 0 Å². The van der Waals surface area contributed by atoms with Crippen molar-refractivity contribution < 1.29 is 4.79 Å². The third-order valence-corrected chi connectivity index (χ3v) is 4.36. The molecule has 1 amide bonds. The van der Waals surface area contributed by atoms with E-state index in [-0.39, 0.29) is 11.8 Å². The maximum Gasteiger partial charge on any atom is 0.223 e. The van der Waals surface area contributed by atoms with Crippen molar-refractivity contribution in [3.05, 3.63) is 35.9 Å². The normalized spacial score (nSPS) is 18.5. The molecule has 1 atom stereocenters. The highest BCUT2D eigenvalue weighted by atomic mass is 16.2. The summed E-state index contributed by atoms with van der Waals surface area (Å²) in [5.41, 5.74) is 7.15. The van der Waals surface area contributed by atoms with Crippen LogP contribution in [-0.4, -0.2) is 42.9 Å². The van der Waals surface area contributed by atoms with E-state index in [9.17, 15) is 4.79 Å². The van der Waals surface area contributed by atoms with Gasteiger partial charge in [-0.05, 0) is 24.3 Å². The van der Waals surface area contributed by atoms with Gasteiger partial charge in [0.15, 0.2) is 5.96 Å². The molecule has 0 bridgehead atoms. The molecule has 0 aliphatic carbocycles. The van der Waals surface area contributed by atoms with Gasteiger partial charge in [0.05, 0.1) is 0 Å². The van der Waals surface area contributed by atoms with Crippen LogP contribution in [0, 0.1) is 11.8 Å². The van der Waals surface area contributed by atoms with Crippen LogP contribution < -0.4 is 11.1 Å². The lowest BCUT2D eigenvalue weighted by atomic mass is 10.1. The highest BCUT2D eigenvalue weighted by Gasteiger charge is 2.28. The van der Waals surface area contributed by atoms with Crippen molar-refractivity contribution >= 4 is 11.9 Å². The zero-order chi connectivity index (χ0) is 17.4. The van der Waals surface area contributed by atoms with E-state index in [1.807, 2.05) is 23.1 Å². The van der Waals surface area contributed by atoms with E-state index in [1.165, 1.54) is 5.56 Å². The summed E-state index contributed by atoms with van der Waals surface area (Å²) in [6.07, 6.45) is 2.56. The van der Waals surface area contributed by atoms with Gasteiger partial charge < -0.3 is 16.0 Å². The first-order valence-corrected chi connectivity index (χ1v) is 8.90. The number of benzene rings is 1. The molecule has 0 spiro atoms. The summed E-state index contributed by atoms with van der Waals surface area (Å²) >= 11 is 0. The highest BCUT2D eigenvalue weighted by molar-refractivity contribution is 5.79. The maximum atomic E-state index is 12.1. The maximum absolute atomic E-state index is 12.1.